The lowest BCUT2D eigenvalue weighted by Gasteiger charge is -2.20. The van der Waals surface area contributed by atoms with E-state index in [4.69, 9.17) is 27.9 Å². The van der Waals surface area contributed by atoms with Crippen molar-refractivity contribution < 1.29 is 17.9 Å². The van der Waals surface area contributed by atoms with Crippen molar-refractivity contribution in [1.29, 1.82) is 0 Å². The Morgan fingerprint density at radius 3 is 2.43 bits per heavy atom. The first-order valence-corrected chi connectivity index (χ1v) is 8.39. The molecule has 0 unspecified atom stereocenters. The van der Waals surface area contributed by atoms with Crippen LogP contribution in [0, 0.1) is 13.8 Å². The molecule has 0 aliphatic rings. The predicted molar refractivity (Wildman–Crippen MR) is 82.4 cm³/mol. The highest BCUT2D eigenvalue weighted by Gasteiger charge is 2.29. The first-order chi connectivity index (χ1) is 9.62. The van der Waals surface area contributed by atoms with Gasteiger partial charge in [0, 0.05) is 12.1 Å². The minimum absolute atomic E-state index is 0.0824. The van der Waals surface area contributed by atoms with Gasteiger partial charge in [-0.2, -0.15) is 4.31 Å². The first-order valence-electron chi connectivity index (χ1n) is 6.20. The molecule has 5 nitrogen and oxygen atoms in total. The average molecular weight is 354 g/mol. The lowest BCUT2D eigenvalue weighted by Crippen LogP contribution is -2.33. The summed E-state index contributed by atoms with van der Waals surface area (Å²) in [6.45, 7) is 4.67. The van der Waals surface area contributed by atoms with E-state index in [0.717, 1.165) is 4.31 Å². The van der Waals surface area contributed by atoms with Gasteiger partial charge in [-0.3, -0.25) is 4.79 Å². The summed E-state index contributed by atoms with van der Waals surface area (Å²) in [6.07, 6.45) is 0. The Bertz CT molecular complexity index is 632. The van der Waals surface area contributed by atoms with Crippen LogP contribution in [-0.4, -0.2) is 38.9 Å². The minimum atomic E-state index is -3.94. The zero-order valence-corrected chi connectivity index (χ0v) is 14.6. The van der Waals surface area contributed by atoms with Gasteiger partial charge in [-0.25, -0.2) is 8.42 Å². The summed E-state index contributed by atoms with van der Waals surface area (Å²) in [6, 6.07) is 1.60. The van der Waals surface area contributed by atoms with Gasteiger partial charge in [-0.1, -0.05) is 23.2 Å². The van der Waals surface area contributed by atoms with Crippen molar-refractivity contribution in [3.63, 3.8) is 0 Å². The van der Waals surface area contributed by atoms with E-state index in [0.29, 0.717) is 16.1 Å². The van der Waals surface area contributed by atoms with Gasteiger partial charge in [0.25, 0.3) is 0 Å². The van der Waals surface area contributed by atoms with Gasteiger partial charge in [0.05, 0.1) is 11.6 Å². The van der Waals surface area contributed by atoms with Crippen LogP contribution >= 0.6 is 23.2 Å². The number of hydrogen-bond acceptors (Lipinski definition) is 4. The van der Waals surface area contributed by atoms with E-state index in [1.807, 2.05) is 0 Å². The Labute approximate surface area is 134 Å². The fourth-order valence-electron chi connectivity index (χ4n) is 1.75. The SMILES string of the molecule is CCOC(=O)CN(C)S(=O)(=O)c1c(C)c(Cl)cc(C)c1Cl. The fraction of sp³-hybridized carbons (Fsp3) is 0.462. The molecule has 0 atom stereocenters. The van der Waals surface area contributed by atoms with Crippen LogP contribution in [0.5, 0.6) is 0 Å². The highest BCUT2D eigenvalue weighted by molar-refractivity contribution is 7.89. The molecule has 1 rings (SSSR count). The topological polar surface area (TPSA) is 63.7 Å². The van der Waals surface area contributed by atoms with Gasteiger partial charge in [0.1, 0.15) is 11.4 Å². The second-order valence-electron chi connectivity index (χ2n) is 4.51. The Balaban J connectivity index is 3.29. The number of carbonyl (C=O) groups is 1. The average Bonchev–Trinajstić information content (AvgIpc) is 2.36. The summed E-state index contributed by atoms with van der Waals surface area (Å²) in [7, 11) is -2.65. The molecule has 0 fully saturated rings. The number of nitrogens with zero attached hydrogens (tertiary/aromatic N) is 1. The van der Waals surface area contributed by atoms with Crippen molar-refractivity contribution >= 4 is 39.2 Å². The molecule has 1 aromatic carbocycles. The van der Waals surface area contributed by atoms with E-state index in [2.05, 4.69) is 0 Å². The summed E-state index contributed by atoms with van der Waals surface area (Å²) in [5.74, 6) is -0.629. The van der Waals surface area contributed by atoms with Crippen LogP contribution in [0.15, 0.2) is 11.0 Å². The summed E-state index contributed by atoms with van der Waals surface area (Å²) in [5.41, 5.74) is 0.901. The third-order valence-corrected chi connectivity index (χ3v) is 5.88. The highest BCUT2D eigenvalue weighted by Crippen LogP contribution is 2.34. The van der Waals surface area contributed by atoms with Crippen LogP contribution in [0.3, 0.4) is 0 Å². The lowest BCUT2D eigenvalue weighted by atomic mass is 10.2. The van der Waals surface area contributed by atoms with Crippen molar-refractivity contribution in [3.8, 4) is 0 Å². The maximum Gasteiger partial charge on any atom is 0.321 e. The van der Waals surface area contributed by atoms with E-state index < -0.39 is 22.5 Å². The molecule has 8 heteroatoms. The monoisotopic (exact) mass is 353 g/mol. The van der Waals surface area contributed by atoms with Crippen LogP contribution in [0.1, 0.15) is 18.1 Å². The van der Waals surface area contributed by atoms with E-state index in [-0.39, 0.29) is 16.5 Å². The molecule has 1 aromatic rings. The molecular formula is C13H17Cl2NO4S. The molecule has 0 aromatic heterocycles. The van der Waals surface area contributed by atoms with Crippen molar-refractivity contribution in [2.24, 2.45) is 0 Å². The number of esters is 1. The predicted octanol–water partition coefficient (Wildman–Crippen LogP) is 2.79. The van der Waals surface area contributed by atoms with Gasteiger partial charge < -0.3 is 4.74 Å². The second kappa shape index (κ2) is 6.96. The molecule has 118 valence electrons. The van der Waals surface area contributed by atoms with Crippen molar-refractivity contribution in [2.75, 3.05) is 20.2 Å². The highest BCUT2D eigenvalue weighted by atomic mass is 35.5. The number of rotatable bonds is 5. The molecule has 21 heavy (non-hydrogen) atoms. The Kier molecular flexibility index (Phi) is 6.04. The third-order valence-electron chi connectivity index (χ3n) is 2.91. The molecule has 0 saturated carbocycles. The number of sulfonamides is 1. The van der Waals surface area contributed by atoms with Crippen molar-refractivity contribution in [1.82, 2.24) is 4.31 Å². The van der Waals surface area contributed by atoms with E-state index in [1.165, 1.54) is 7.05 Å². The van der Waals surface area contributed by atoms with Gasteiger partial charge in [-0.05, 0) is 38.0 Å². The second-order valence-corrected chi connectivity index (χ2v) is 7.28. The van der Waals surface area contributed by atoms with Crippen LogP contribution < -0.4 is 0 Å². The molecule has 0 radical (unpaired) electrons. The van der Waals surface area contributed by atoms with Crippen LogP contribution in [0.4, 0.5) is 0 Å². The molecule has 0 bridgehead atoms. The quantitative estimate of drug-likeness (QED) is 0.763. The fourth-order valence-corrected chi connectivity index (χ4v) is 4.02. The van der Waals surface area contributed by atoms with E-state index >= 15 is 0 Å². The van der Waals surface area contributed by atoms with Crippen LogP contribution in [-0.2, 0) is 19.6 Å². The maximum absolute atomic E-state index is 12.6. The number of aryl methyl sites for hydroxylation is 1. The largest absolute Gasteiger partial charge is 0.465 e. The van der Waals surface area contributed by atoms with Crippen molar-refractivity contribution in [3.05, 3.63) is 27.2 Å². The Morgan fingerprint density at radius 1 is 1.33 bits per heavy atom. The number of benzene rings is 1. The number of carbonyl (C=O) groups excluding carboxylic acids is 1. The van der Waals surface area contributed by atoms with Crippen molar-refractivity contribution in [2.45, 2.75) is 25.7 Å². The number of ether oxygens (including phenoxy) is 1. The van der Waals surface area contributed by atoms with E-state index in [9.17, 15) is 13.2 Å². The summed E-state index contributed by atoms with van der Waals surface area (Å²) < 4.78 is 30.8. The van der Waals surface area contributed by atoms with Crippen LogP contribution in [0.2, 0.25) is 10.0 Å². The van der Waals surface area contributed by atoms with Gasteiger partial charge in [0.2, 0.25) is 10.0 Å². The molecule has 0 aliphatic carbocycles. The van der Waals surface area contributed by atoms with Gasteiger partial charge in [-0.15, -0.1) is 0 Å². The Morgan fingerprint density at radius 2 is 1.90 bits per heavy atom. The minimum Gasteiger partial charge on any atom is -0.465 e. The Hall–Kier alpha value is -0.820. The first kappa shape index (κ1) is 18.2. The number of halogens is 2. The molecule has 0 heterocycles. The molecular weight excluding hydrogens is 337 g/mol. The van der Waals surface area contributed by atoms with Gasteiger partial charge in [0.15, 0.2) is 0 Å². The van der Waals surface area contributed by atoms with E-state index in [1.54, 1.807) is 26.8 Å². The lowest BCUT2D eigenvalue weighted by molar-refractivity contribution is -0.143. The normalized spacial score (nSPS) is 11.8. The van der Waals surface area contributed by atoms with Gasteiger partial charge >= 0.3 is 5.97 Å². The molecule has 0 saturated heterocycles. The summed E-state index contributed by atoms with van der Waals surface area (Å²) >= 11 is 12.1. The zero-order chi connectivity index (χ0) is 16.4. The summed E-state index contributed by atoms with van der Waals surface area (Å²) in [4.78, 5) is 11.4. The number of likely N-dealkylation sites (N-methyl/N-ethyl adjacent to an activating group) is 1. The zero-order valence-electron chi connectivity index (χ0n) is 12.2. The summed E-state index contributed by atoms with van der Waals surface area (Å²) in [5, 5.41) is 0.410. The molecule has 0 amide bonds. The van der Waals surface area contributed by atoms with Crippen LogP contribution in [0.25, 0.3) is 0 Å². The number of hydrogen-bond donors (Lipinski definition) is 0. The maximum atomic E-state index is 12.6. The molecule has 0 spiro atoms. The molecule has 0 N–H and O–H groups in total. The standard InChI is InChI=1S/C13H17Cl2NO4S/c1-5-20-11(17)7-16(4)21(18,19)13-9(3)10(14)6-8(2)12(13)15/h6H,5,7H2,1-4H3. The smallest absolute Gasteiger partial charge is 0.321 e. The molecule has 0 aliphatic heterocycles. The third kappa shape index (κ3) is 3.88.